The number of aryl methyl sites for hydroxylation is 1. The molecular formula is C12H14O3. The number of hydrogen-bond donors (Lipinski definition) is 1. The molecule has 0 amide bonds. The monoisotopic (exact) mass is 206 g/mol. The molecule has 1 aromatic carbocycles. The zero-order valence-corrected chi connectivity index (χ0v) is 8.86. The van der Waals surface area contributed by atoms with Crippen LogP contribution in [0.15, 0.2) is 28.7 Å². The van der Waals surface area contributed by atoms with Crippen molar-refractivity contribution in [2.45, 2.75) is 13.0 Å². The Labute approximate surface area is 88.3 Å². The van der Waals surface area contributed by atoms with Gasteiger partial charge in [-0.05, 0) is 25.1 Å². The van der Waals surface area contributed by atoms with Crippen molar-refractivity contribution in [3.63, 3.8) is 0 Å². The molecule has 0 radical (unpaired) electrons. The van der Waals surface area contributed by atoms with Crippen LogP contribution in [0.25, 0.3) is 11.0 Å². The Morgan fingerprint density at radius 3 is 2.93 bits per heavy atom. The van der Waals surface area contributed by atoms with Crippen molar-refractivity contribution in [1.29, 1.82) is 0 Å². The molecule has 0 bridgehead atoms. The van der Waals surface area contributed by atoms with Gasteiger partial charge in [-0.1, -0.05) is 11.6 Å². The fourth-order valence-corrected chi connectivity index (χ4v) is 1.59. The number of ether oxygens (including phenoxy) is 1. The SMILES string of the molecule is COCC(O)c1cc2cc(C)ccc2o1. The summed E-state index contributed by atoms with van der Waals surface area (Å²) in [6.45, 7) is 2.27. The van der Waals surface area contributed by atoms with E-state index >= 15 is 0 Å². The summed E-state index contributed by atoms with van der Waals surface area (Å²) < 4.78 is 10.4. The van der Waals surface area contributed by atoms with E-state index in [1.54, 1.807) is 7.11 Å². The van der Waals surface area contributed by atoms with E-state index in [0.29, 0.717) is 5.76 Å². The zero-order chi connectivity index (χ0) is 10.8. The summed E-state index contributed by atoms with van der Waals surface area (Å²) in [6.07, 6.45) is -0.692. The molecule has 15 heavy (non-hydrogen) atoms. The lowest BCUT2D eigenvalue weighted by molar-refractivity contribution is 0.0513. The van der Waals surface area contributed by atoms with Gasteiger partial charge in [0.15, 0.2) is 0 Å². The van der Waals surface area contributed by atoms with E-state index in [0.717, 1.165) is 11.0 Å². The predicted molar refractivity (Wildman–Crippen MR) is 57.8 cm³/mol. The second-order valence-corrected chi connectivity index (χ2v) is 3.66. The van der Waals surface area contributed by atoms with Crippen molar-refractivity contribution >= 4 is 11.0 Å². The van der Waals surface area contributed by atoms with Crippen LogP contribution in [0, 0.1) is 6.92 Å². The van der Waals surface area contributed by atoms with E-state index in [-0.39, 0.29) is 6.61 Å². The largest absolute Gasteiger partial charge is 0.458 e. The highest BCUT2D eigenvalue weighted by Gasteiger charge is 2.12. The summed E-state index contributed by atoms with van der Waals surface area (Å²) in [4.78, 5) is 0. The Bertz CT molecular complexity index is 459. The third kappa shape index (κ3) is 2.03. The molecule has 80 valence electrons. The van der Waals surface area contributed by atoms with Crippen LogP contribution < -0.4 is 0 Å². The highest BCUT2D eigenvalue weighted by Crippen LogP contribution is 2.24. The fraction of sp³-hybridized carbons (Fsp3) is 0.333. The zero-order valence-electron chi connectivity index (χ0n) is 8.86. The molecule has 1 unspecified atom stereocenters. The molecule has 3 nitrogen and oxygen atoms in total. The maximum atomic E-state index is 9.67. The van der Waals surface area contributed by atoms with Crippen molar-refractivity contribution in [1.82, 2.24) is 0 Å². The van der Waals surface area contributed by atoms with E-state index in [1.807, 2.05) is 31.2 Å². The third-order valence-electron chi connectivity index (χ3n) is 2.34. The summed E-state index contributed by atoms with van der Waals surface area (Å²) in [5.74, 6) is 0.553. The summed E-state index contributed by atoms with van der Waals surface area (Å²) in [5.41, 5.74) is 1.97. The van der Waals surface area contributed by atoms with Crippen molar-refractivity contribution in [3.8, 4) is 0 Å². The minimum absolute atomic E-state index is 0.249. The first-order valence-corrected chi connectivity index (χ1v) is 4.88. The maximum Gasteiger partial charge on any atom is 0.136 e. The molecule has 0 fully saturated rings. The molecule has 0 spiro atoms. The first kappa shape index (κ1) is 10.2. The Kier molecular flexibility index (Phi) is 2.75. The molecule has 3 heteroatoms. The number of furan rings is 1. The average Bonchev–Trinajstić information content (AvgIpc) is 2.60. The van der Waals surface area contributed by atoms with Crippen LogP contribution in [0.2, 0.25) is 0 Å². The van der Waals surface area contributed by atoms with Gasteiger partial charge in [0.25, 0.3) is 0 Å². The summed E-state index contributed by atoms with van der Waals surface area (Å²) in [5, 5.41) is 10.7. The maximum absolute atomic E-state index is 9.67. The summed E-state index contributed by atoms with van der Waals surface area (Å²) >= 11 is 0. The number of methoxy groups -OCH3 is 1. The van der Waals surface area contributed by atoms with Gasteiger partial charge in [0.1, 0.15) is 17.4 Å². The molecule has 0 aliphatic heterocycles. The fourth-order valence-electron chi connectivity index (χ4n) is 1.59. The van der Waals surface area contributed by atoms with Gasteiger partial charge in [-0.3, -0.25) is 0 Å². The van der Waals surface area contributed by atoms with Gasteiger partial charge >= 0.3 is 0 Å². The van der Waals surface area contributed by atoms with Crippen molar-refractivity contribution in [2.24, 2.45) is 0 Å². The Morgan fingerprint density at radius 2 is 2.20 bits per heavy atom. The molecule has 2 rings (SSSR count). The van der Waals surface area contributed by atoms with Crippen molar-refractivity contribution in [3.05, 3.63) is 35.6 Å². The van der Waals surface area contributed by atoms with Crippen LogP contribution in [-0.2, 0) is 4.74 Å². The third-order valence-corrected chi connectivity index (χ3v) is 2.34. The van der Waals surface area contributed by atoms with Crippen LogP contribution >= 0.6 is 0 Å². The van der Waals surface area contributed by atoms with E-state index < -0.39 is 6.10 Å². The van der Waals surface area contributed by atoms with Gasteiger partial charge in [-0.2, -0.15) is 0 Å². The Morgan fingerprint density at radius 1 is 1.40 bits per heavy atom. The first-order valence-electron chi connectivity index (χ1n) is 4.88. The molecule has 0 saturated heterocycles. The second-order valence-electron chi connectivity index (χ2n) is 3.66. The smallest absolute Gasteiger partial charge is 0.136 e. The summed E-state index contributed by atoms with van der Waals surface area (Å²) in [6, 6.07) is 7.78. The molecular weight excluding hydrogens is 192 g/mol. The predicted octanol–water partition coefficient (Wildman–Crippen LogP) is 2.42. The number of aliphatic hydroxyl groups is 1. The lowest BCUT2D eigenvalue weighted by Crippen LogP contribution is -2.03. The molecule has 0 saturated carbocycles. The van der Waals surface area contributed by atoms with Crippen LogP contribution in [0.1, 0.15) is 17.4 Å². The number of fused-ring (bicyclic) bond motifs is 1. The number of hydrogen-bond acceptors (Lipinski definition) is 3. The highest BCUT2D eigenvalue weighted by atomic mass is 16.5. The van der Waals surface area contributed by atoms with Crippen LogP contribution in [-0.4, -0.2) is 18.8 Å². The molecule has 2 aromatic rings. The number of rotatable bonds is 3. The van der Waals surface area contributed by atoms with Gasteiger partial charge in [-0.25, -0.2) is 0 Å². The van der Waals surface area contributed by atoms with Gasteiger partial charge in [0.2, 0.25) is 0 Å². The molecule has 1 heterocycles. The van der Waals surface area contributed by atoms with E-state index in [9.17, 15) is 5.11 Å². The molecule has 0 aliphatic carbocycles. The van der Waals surface area contributed by atoms with Crippen LogP contribution in [0.5, 0.6) is 0 Å². The standard InChI is InChI=1S/C12H14O3/c1-8-3-4-11-9(5-8)6-12(15-11)10(13)7-14-2/h3-6,10,13H,7H2,1-2H3. The normalized spacial score (nSPS) is 13.3. The second kappa shape index (κ2) is 4.04. The summed E-state index contributed by atoms with van der Waals surface area (Å²) in [7, 11) is 1.55. The topological polar surface area (TPSA) is 42.6 Å². The van der Waals surface area contributed by atoms with Crippen molar-refractivity contribution in [2.75, 3.05) is 13.7 Å². The van der Waals surface area contributed by atoms with E-state index in [2.05, 4.69) is 0 Å². The molecule has 1 atom stereocenters. The van der Waals surface area contributed by atoms with Crippen molar-refractivity contribution < 1.29 is 14.3 Å². The van der Waals surface area contributed by atoms with Crippen LogP contribution in [0.4, 0.5) is 0 Å². The first-order chi connectivity index (χ1) is 7.20. The quantitative estimate of drug-likeness (QED) is 0.838. The van der Waals surface area contributed by atoms with Gasteiger partial charge in [-0.15, -0.1) is 0 Å². The molecule has 0 aliphatic rings. The average molecular weight is 206 g/mol. The minimum Gasteiger partial charge on any atom is -0.458 e. The molecule has 1 N–H and O–H groups in total. The Balaban J connectivity index is 2.38. The number of aliphatic hydroxyl groups excluding tert-OH is 1. The highest BCUT2D eigenvalue weighted by molar-refractivity contribution is 5.78. The Hall–Kier alpha value is -1.32. The van der Waals surface area contributed by atoms with Gasteiger partial charge in [0.05, 0.1) is 6.61 Å². The molecule has 1 aromatic heterocycles. The van der Waals surface area contributed by atoms with E-state index in [4.69, 9.17) is 9.15 Å². The number of benzene rings is 1. The lowest BCUT2D eigenvalue weighted by atomic mass is 10.2. The lowest BCUT2D eigenvalue weighted by Gasteiger charge is -2.04. The van der Waals surface area contributed by atoms with Gasteiger partial charge in [0, 0.05) is 12.5 Å². The van der Waals surface area contributed by atoms with E-state index in [1.165, 1.54) is 5.56 Å². The van der Waals surface area contributed by atoms with Gasteiger partial charge < -0.3 is 14.3 Å². The minimum atomic E-state index is -0.692. The van der Waals surface area contributed by atoms with Crippen LogP contribution in [0.3, 0.4) is 0 Å².